The number of carbonyl (C=O) groups is 1. The number of benzene rings is 1. The predicted molar refractivity (Wildman–Crippen MR) is 55.5 cm³/mol. The number of carbonyl (C=O) groups excluding carboxylic acids is 1. The van der Waals surface area contributed by atoms with Gasteiger partial charge in [-0.3, -0.25) is 4.79 Å². The smallest absolute Gasteiger partial charge is 0.223 e. The van der Waals surface area contributed by atoms with Gasteiger partial charge in [0.05, 0.1) is 18.1 Å². The second kappa shape index (κ2) is 3.57. The van der Waals surface area contributed by atoms with E-state index in [9.17, 15) is 9.18 Å². The van der Waals surface area contributed by atoms with Gasteiger partial charge in [-0.2, -0.15) is 10.5 Å². The number of nitriles is 2. The molecule has 17 heavy (non-hydrogen) atoms. The number of nitrogens with two attached hydrogens (primary N) is 1. The Morgan fingerprint density at radius 1 is 1.29 bits per heavy atom. The Morgan fingerprint density at radius 2 is 1.82 bits per heavy atom. The molecule has 0 aliphatic heterocycles. The van der Waals surface area contributed by atoms with Gasteiger partial charge in [-0.1, -0.05) is 12.1 Å². The summed E-state index contributed by atoms with van der Waals surface area (Å²) < 4.78 is 12.8. The van der Waals surface area contributed by atoms with Crippen molar-refractivity contribution in [3.63, 3.8) is 0 Å². The van der Waals surface area contributed by atoms with Crippen LogP contribution in [0.25, 0.3) is 0 Å². The highest BCUT2D eigenvalue weighted by molar-refractivity contribution is 5.85. The van der Waals surface area contributed by atoms with Crippen LogP contribution in [0.2, 0.25) is 0 Å². The summed E-state index contributed by atoms with van der Waals surface area (Å²) in [4.78, 5) is 11.2. The zero-order chi connectivity index (χ0) is 12.6. The highest BCUT2D eigenvalue weighted by Gasteiger charge is 2.70. The van der Waals surface area contributed by atoms with Crippen LogP contribution in [0.3, 0.4) is 0 Å². The Bertz CT molecular complexity index is 539. The summed E-state index contributed by atoms with van der Waals surface area (Å²) in [5.74, 6) is -2.47. The van der Waals surface area contributed by atoms with E-state index in [1.807, 2.05) is 12.1 Å². The lowest BCUT2D eigenvalue weighted by atomic mass is 10.0. The minimum absolute atomic E-state index is 0.412. The van der Waals surface area contributed by atoms with Gasteiger partial charge in [-0.05, 0) is 17.7 Å². The van der Waals surface area contributed by atoms with Crippen molar-refractivity contribution in [2.45, 2.75) is 5.92 Å². The highest BCUT2D eigenvalue weighted by Crippen LogP contribution is 2.63. The number of nitrogens with zero attached hydrogens (tertiary/aromatic N) is 2. The fraction of sp³-hybridized carbons (Fsp3) is 0.250. The monoisotopic (exact) mass is 229 g/mol. The molecular weight excluding hydrogens is 221 g/mol. The molecule has 4 nitrogen and oxygen atoms in total. The highest BCUT2D eigenvalue weighted by atomic mass is 19.1. The van der Waals surface area contributed by atoms with E-state index in [0.717, 1.165) is 0 Å². The normalized spacial score (nSPS) is 24.4. The lowest BCUT2D eigenvalue weighted by Gasteiger charge is -1.98. The maximum absolute atomic E-state index is 12.8. The van der Waals surface area contributed by atoms with Crippen LogP contribution in [0, 0.1) is 39.8 Å². The summed E-state index contributed by atoms with van der Waals surface area (Å²) in [6, 6.07) is 9.07. The number of hydrogen-bond donors (Lipinski definition) is 1. The fourth-order valence-corrected chi connectivity index (χ4v) is 2.21. The van der Waals surface area contributed by atoms with Gasteiger partial charge in [0.1, 0.15) is 5.82 Å². The van der Waals surface area contributed by atoms with Crippen LogP contribution in [-0.4, -0.2) is 5.91 Å². The van der Waals surface area contributed by atoms with Crippen LogP contribution >= 0.6 is 0 Å². The minimum Gasteiger partial charge on any atom is -0.369 e. The SMILES string of the molecule is N#CC1(C#N)[C@H](C(N)=O)[C@@H]1c1ccc(F)cc1. The minimum atomic E-state index is -1.40. The van der Waals surface area contributed by atoms with Crippen LogP contribution in [0.15, 0.2) is 24.3 Å². The molecule has 1 aliphatic carbocycles. The summed E-state index contributed by atoms with van der Waals surface area (Å²) in [5, 5.41) is 18.0. The summed E-state index contributed by atoms with van der Waals surface area (Å²) in [6.07, 6.45) is 0. The second-order valence-electron chi connectivity index (χ2n) is 4.00. The quantitative estimate of drug-likeness (QED) is 0.821. The summed E-state index contributed by atoms with van der Waals surface area (Å²) in [5.41, 5.74) is 4.35. The van der Waals surface area contributed by atoms with Crippen LogP contribution in [-0.2, 0) is 4.79 Å². The van der Waals surface area contributed by atoms with E-state index < -0.39 is 29.0 Å². The molecule has 0 saturated heterocycles. The number of amides is 1. The first-order chi connectivity index (χ1) is 8.06. The molecule has 84 valence electrons. The molecule has 2 rings (SSSR count). The van der Waals surface area contributed by atoms with Crippen molar-refractivity contribution in [3.05, 3.63) is 35.6 Å². The molecule has 2 N–H and O–H groups in total. The van der Waals surface area contributed by atoms with E-state index in [2.05, 4.69) is 0 Å². The molecule has 5 heteroatoms. The largest absolute Gasteiger partial charge is 0.369 e. The Morgan fingerprint density at radius 3 is 2.18 bits per heavy atom. The molecule has 2 atom stereocenters. The van der Waals surface area contributed by atoms with E-state index in [0.29, 0.717) is 5.56 Å². The number of hydrogen-bond acceptors (Lipinski definition) is 3. The molecule has 0 bridgehead atoms. The van der Waals surface area contributed by atoms with E-state index in [-0.39, 0.29) is 0 Å². The van der Waals surface area contributed by atoms with Crippen molar-refractivity contribution in [3.8, 4) is 12.1 Å². The topological polar surface area (TPSA) is 90.7 Å². The molecule has 0 spiro atoms. The third-order valence-corrected chi connectivity index (χ3v) is 3.11. The molecule has 0 unspecified atom stereocenters. The Hall–Kier alpha value is -2.40. The van der Waals surface area contributed by atoms with Gasteiger partial charge in [0, 0.05) is 5.92 Å². The summed E-state index contributed by atoms with van der Waals surface area (Å²) in [7, 11) is 0. The second-order valence-corrected chi connectivity index (χ2v) is 4.00. The van der Waals surface area contributed by atoms with Crippen LogP contribution in [0.5, 0.6) is 0 Å². The molecule has 1 fully saturated rings. The molecule has 0 radical (unpaired) electrons. The Kier molecular flexibility index (Phi) is 2.33. The van der Waals surface area contributed by atoms with Crippen molar-refractivity contribution >= 4 is 5.91 Å². The molecule has 1 aromatic rings. The van der Waals surface area contributed by atoms with Gasteiger partial charge in [0.15, 0.2) is 5.41 Å². The van der Waals surface area contributed by atoms with Crippen molar-refractivity contribution < 1.29 is 9.18 Å². The predicted octanol–water partition coefficient (Wildman–Crippen LogP) is 1.06. The van der Waals surface area contributed by atoms with Gasteiger partial charge in [0.25, 0.3) is 0 Å². The average molecular weight is 229 g/mol. The zero-order valence-corrected chi connectivity index (χ0v) is 8.72. The van der Waals surface area contributed by atoms with E-state index in [1.165, 1.54) is 24.3 Å². The molecule has 1 amide bonds. The third kappa shape index (κ3) is 1.44. The standard InChI is InChI=1S/C12H8FN3O/c13-8-3-1-7(2-4-8)9-10(11(16)17)12(9,5-14)6-15/h1-4,9-10H,(H2,16,17)/t9-,10-/m0/s1. The molecule has 1 aliphatic rings. The lowest BCUT2D eigenvalue weighted by molar-refractivity contribution is -0.119. The number of primary amides is 1. The molecule has 1 aromatic carbocycles. The number of rotatable bonds is 2. The Balaban J connectivity index is 2.41. The lowest BCUT2D eigenvalue weighted by Crippen LogP contribution is -2.17. The molecule has 1 saturated carbocycles. The van der Waals surface area contributed by atoms with Crippen molar-refractivity contribution in [1.82, 2.24) is 0 Å². The van der Waals surface area contributed by atoms with Crippen molar-refractivity contribution in [2.75, 3.05) is 0 Å². The van der Waals surface area contributed by atoms with Crippen LogP contribution < -0.4 is 5.73 Å². The van der Waals surface area contributed by atoms with Gasteiger partial charge >= 0.3 is 0 Å². The van der Waals surface area contributed by atoms with Crippen molar-refractivity contribution in [2.24, 2.45) is 17.1 Å². The molecule has 0 heterocycles. The van der Waals surface area contributed by atoms with Crippen LogP contribution in [0.1, 0.15) is 11.5 Å². The first kappa shape index (κ1) is 11.1. The van der Waals surface area contributed by atoms with Gasteiger partial charge in [-0.15, -0.1) is 0 Å². The summed E-state index contributed by atoms with van der Waals surface area (Å²) >= 11 is 0. The third-order valence-electron chi connectivity index (χ3n) is 3.11. The van der Waals surface area contributed by atoms with Crippen LogP contribution in [0.4, 0.5) is 4.39 Å². The van der Waals surface area contributed by atoms with E-state index in [1.54, 1.807) is 0 Å². The van der Waals surface area contributed by atoms with E-state index >= 15 is 0 Å². The summed E-state index contributed by atoms with van der Waals surface area (Å²) in [6.45, 7) is 0. The van der Waals surface area contributed by atoms with Gasteiger partial charge in [0.2, 0.25) is 5.91 Å². The molecule has 0 aromatic heterocycles. The van der Waals surface area contributed by atoms with Gasteiger partial charge < -0.3 is 5.73 Å². The average Bonchev–Trinajstić information content (AvgIpc) is 3.00. The Labute approximate surface area is 97.1 Å². The first-order valence-electron chi connectivity index (χ1n) is 4.94. The fourth-order valence-electron chi connectivity index (χ4n) is 2.21. The molecular formula is C12H8FN3O. The maximum atomic E-state index is 12.8. The van der Waals surface area contributed by atoms with E-state index in [4.69, 9.17) is 16.3 Å². The number of halogens is 1. The maximum Gasteiger partial charge on any atom is 0.223 e. The zero-order valence-electron chi connectivity index (χ0n) is 8.72. The first-order valence-corrected chi connectivity index (χ1v) is 4.94. The van der Waals surface area contributed by atoms with Crippen molar-refractivity contribution in [1.29, 1.82) is 10.5 Å². The van der Waals surface area contributed by atoms with Gasteiger partial charge in [-0.25, -0.2) is 4.39 Å².